The number of hydrogen-bond donors (Lipinski definition) is 4. The van der Waals surface area contributed by atoms with Crippen LogP contribution in [0.3, 0.4) is 0 Å². The number of amides is 3. The predicted octanol–water partition coefficient (Wildman–Crippen LogP) is 4.42. The van der Waals surface area contributed by atoms with Gasteiger partial charge < -0.3 is 26.4 Å². The van der Waals surface area contributed by atoms with Crippen LogP contribution in [0.1, 0.15) is 105 Å². The summed E-state index contributed by atoms with van der Waals surface area (Å²) in [6.07, 6.45) is 6.49. The first-order chi connectivity index (χ1) is 21.6. The van der Waals surface area contributed by atoms with Gasteiger partial charge in [-0.3, -0.25) is 24.1 Å². The van der Waals surface area contributed by atoms with Gasteiger partial charge in [0, 0.05) is 23.8 Å². The van der Waals surface area contributed by atoms with Crippen LogP contribution in [-0.4, -0.2) is 70.8 Å². The number of nitrogens with zero attached hydrogens (tertiary/aromatic N) is 1. The number of rotatable bonds is 19. The van der Waals surface area contributed by atoms with E-state index in [-0.39, 0.29) is 36.7 Å². The lowest BCUT2D eigenvalue weighted by Crippen LogP contribution is -2.59. The van der Waals surface area contributed by atoms with Gasteiger partial charge in [0.1, 0.15) is 17.8 Å². The maximum Gasteiger partial charge on any atom is 0.325 e. The molecule has 3 atom stereocenters. The fourth-order valence-corrected chi connectivity index (χ4v) is 5.90. The summed E-state index contributed by atoms with van der Waals surface area (Å²) in [5.41, 5.74) is 5.60. The molecule has 11 heteroatoms. The van der Waals surface area contributed by atoms with Crippen molar-refractivity contribution in [1.82, 2.24) is 20.9 Å². The van der Waals surface area contributed by atoms with Crippen LogP contribution < -0.4 is 26.4 Å². The molecule has 1 fully saturated rings. The zero-order valence-corrected chi connectivity index (χ0v) is 29.8. The van der Waals surface area contributed by atoms with Gasteiger partial charge in [-0.1, -0.05) is 78.2 Å². The molecule has 2 rings (SSSR count). The lowest BCUT2D eigenvalue weighted by atomic mass is 9.79. The summed E-state index contributed by atoms with van der Waals surface area (Å²) in [4.78, 5) is 55.1. The molecule has 1 heterocycles. The van der Waals surface area contributed by atoms with Gasteiger partial charge in [-0.25, -0.2) is 0 Å². The molecule has 0 spiro atoms. The number of esters is 1. The van der Waals surface area contributed by atoms with E-state index in [1.54, 1.807) is 24.3 Å². The van der Waals surface area contributed by atoms with Crippen molar-refractivity contribution in [3.63, 3.8) is 0 Å². The summed E-state index contributed by atoms with van der Waals surface area (Å²) < 4.78 is 5.52. The molecule has 0 aliphatic carbocycles. The smallest absolute Gasteiger partial charge is 0.325 e. The number of benzene rings is 1. The first-order valence-corrected chi connectivity index (χ1v) is 17.2. The Morgan fingerprint density at radius 1 is 0.978 bits per heavy atom. The highest BCUT2D eigenvalue weighted by molar-refractivity contribution is 7.80. The molecule has 46 heavy (non-hydrogen) atoms. The number of carbonyl (C=O) groups is 4. The summed E-state index contributed by atoms with van der Waals surface area (Å²) in [6.45, 7) is 15.7. The van der Waals surface area contributed by atoms with E-state index in [9.17, 15) is 19.2 Å². The number of ether oxygens (including phenoxy) is 1. The molecular weight excluding hydrogens is 602 g/mol. The molecule has 3 unspecified atom stereocenters. The zero-order valence-electron chi connectivity index (χ0n) is 29.0. The number of unbranched alkanes of at least 4 members (excludes halogenated alkanes) is 2. The van der Waals surface area contributed by atoms with Crippen LogP contribution in [0.2, 0.25) is 0 Å². The lowest BCUT2D eigenvalue weighted by molar-refractivity contribution is -0.135. The van der Waals surface area contributed by atoms with Gasteiger partial charge in [0.05, 0.1) is 11.5 Å². The Hall–Kier alpha value is -3.05. The Kier molecular flexibility index (Phi) is 15.6. The molecule has 1 aromatic carbocycles. The second kappa shape index (κ2) is 18.3. The number of likely N-dealkylation sites (tertiary alicyclic amines) is 1. The minimum Gasteiger partial charge on any atom is -0.426 e. The van der Waals surface area contributed by atoms with Crippen molar-refractivity contribution in [2.24, 2.45) is 17.1 Å². The number of carbonyl (C=O) groups excluding carboxylic acids is 4. The molecule has 10 nitrogen and oxygen atoms in total. The van der Waals surface area contributed by atoms with Crippen molar-refractivity contribution < 1.29 is 23.9 Å². The Morgan fingerprint density at radius 3 is 2.17 bits per heavy atom. The van der Waals surface area contributed by atoms with Crippen molar-refractivity contribution in [2.45, 2.75) is 124 Å². The van der Waals surface area contributed by atoms with E-state index >= 15 is 0 Å². The largest absolute Gasteiger partial charge is 0.426 e. The van der Waals surface area contributed by atoms with Gasteiger partial charge in [-0.2, -0.15) is 0 Å². The molecule has 1 aliphatic rings. The average molecular weight is 660 g/mol. The third-order valence-electron chi connectivity index (χ3n) is 8.61. The Morgan fingerprint density at radius 2 is 1.61 bits per heavy atom. The van der Waals surface area contributed by atoms with E-state index in [1.807, 2.05) is 41.5 Å². The molecule has 1 aromatic rings. The van der Waals surface area contributed by atoms with Gasteiger partial charge in [-0.15, -0.1) is 0 Å². The molecule has 0 radical (unpaired) electrons. The van der Waals surface area contributed by atoms with E-state index in [4.69, 9.17) is 22.7 Å². The van der Waals surface area contributed by atoms with Crippen LogP contribution in [0.15, 0.2) is 24.3 Å². The fourth-order valence-electron chi connectivity index (χ4n) is 5.83. The van der Waals surface area contributed by atoms with Gasteiger partial charge in [0.15, 0.2) is 0 Å². The minimum absolute atomic E-state index is 0.168. The van der Waals surface area contributed by atoms with Crippen LogP contribution in [0.4, 0.5) is 0 Å². The third kappa shape index (κ3) is 13.4. The van der Waals surface area contributed by atoms with E-state index in [0.717, 1.165) is 50.8 Å². The minimum atomic E-state index is -0.904. The third-order valence-corrected chi connectivity index (χ3v) is 9.16. The molecule has 1 saturated heterocycles. The average Bonchev–Trinajstić information content (AvgIpc) is 3.48. The molecule has 0 saturated carbocycles. The summed E-state index contributed by atoms with van der Waals surface area (Å²) >= 11 is 5.23. The zero-order chi connectivity index (χ0) is 34.5. The van der Waals surface area contributed by atoms with E-state index in [1.165, 1.54) is 0 Å². The number of nitrogens with one attached hydrogen (secondary N) is 3. The number of thiocarbonyl (C=S) groups is 1. The maximum absolute atomic E-state index is 13.8. The SMILES string of the molecule is CCCCCC(=O)NC(Cc1ccc(OC(=O)CN2CCCC2)cc1)C(=O)NC(C(=O)NC(C)(C)CC(C)(C)C(N)=S)C(C)CC. The maximum atomic E-state index is 13.8. The Bertz CT molecular complexity index is 1180. The van der Waals surface area contributed by atoms with E-state index in [2.05, 4.69) is 27.8 Å². The quantitative estimate of drug-likeness (QED) is 0.0740. The fraction of sp³-hybridized carbons (Fsp3) is 0.686. The first kappa shape index (κ1) is 39.1. The number of nitrogens with two attached hydrogens (primary N) is 1. The van der Waals surface area contributed by atoms with Crippen LogP contribution in [0, 0.1) is 11.3 Å². The van der Waals surface area contributed by atoms with E-state index in [0.29, 0.717) is 30.0 Å². The topological polar surface area (TPSA) is 143 Å². The molecule has 0 bridgehead atoms. The second-order valence-electron chi connectivity index (χ2n) is 14.1. The molecular formula is C35H57N5O5S. The van der Waals surface area contributed by atoms with Crippen molar-refractivity contribution >= 4 is 40.9 Å². The van der Waals surface area contributed by atoms with Crippen LogP contribution in [-0.2, 0) is 25.6 Å². The van der Waals surface area contributed by atoms with Gasteiger partial charge in [0.25, 0.3) is 0 Å². The van der Waals surface area contributed by atoms with Crippen LogP contribution in [0.5, 0.6) is 5.75 Å². The summed E-state index contributed by atoms with van der Waals surface area (Å²) in [5.74, 6) is -1.01. The first-order valence-electron chi connectivity index (χ1n) is 16.8. The lowest BCUT2D eigenvalue weighted by Gasteiger charge is -2.37. The van der Waals surface area contributed by atoms with Crippen molar-refractivity contribution in [1.29, 1.82) is 0 Å². The normalized spacial score (nSPS) is 15.8. The van der Waals surface area contributed by atoms with Crippen molar-refractivity contribution in [2.75, 3.05) is 19.6 Å². The van der Waals surface area contributed by atoms with Gasteiger partial charge >= 0.3 is 5.97 Å². The predicted molar refractivity (Wildman–Crippen MR) is 186 cm³/mol. The van der Waals surface area contributed by atoms with Gasteiger partial charge in [0.2, 0.25) is 17.7 Å². The van der Waals surface area contributed by atoms with E-state index < -0.39 is 28.9 Å². The summed E-state index contributed by atoms with van der Waals surface area (Å²) in [7, 11) is 0. The summed E-state index contributed by atoms with van der Waals surface area (Å²) in [6, 6.07) is 5.24. The van der Waals surface area contributed by atoms with Crippen LogP contribution in [0.25, 0.3) is 0 Å². The van der Waals surface area contributed by atoms with Crippen molar-refractivity contribution in [3.8, 4) is 5.75 Å². The van der Waals surface area contributed by atoms with Crippen molar-refractivity contribution in [3.05, 3.63) is 29.8 Å². The standard InChI is InChI=1S/C35H57N5O5S/c1-8-10-11-14-28(41)37-27(21-25-15-17-26(18-16-25)45-29(42)22-40-19-12-13-20-40)31(43)38-30(24(3)9-2)32(44)39-35(6,7)23-34(4,5)33(36)46/h15-18,24,27,30H,8-14,19-23H2,1-7H3,(H2,36,46)(H,37,41)(H,38,43)(H,39,44). The van der Waals surface area contributed by atoms with Crippen LogP contribution >= 0.6 is 12.2 Å². The molecule has 5 N–H and O–H groups in total. The highest BCUT2D eigenvalue weighted by Crippen LogP contribution is 2.28. The number of hydrogen-bond acceptors (Lipinski definition) is 7. The Labute approximate surface area is 281 Å². The molecule has 0 aromatic heterocycles. The Balaban J connectivity index is 2.18. The second-order valence-corrected chi connectivity index (χ2v) is 14.5. The molecule has 3 amide bonds. The molecule has 258 valence electrons. The monoisotopic (exact) mass is 659 g/mol. The summed E-state index contributed by atoms with van der Waals surface area (Å²) in [5, 5.41) is 8.95. The molecule has 1 aliphatic heterocycles. The highest BCUT2D eigenvalue weighted by atomic mass is 32.1. The van der Waals surface area contributed by atoms with Gasteiger partial charge in [-0.05, 0) is 76.2 Å². The highest BCUT2D eigenvalue weighted by Gasteiger charge is 2.36.